The van der Waals surface area contributed by atoms with Crippen LogP contribution in [0.3, 0.4) is 0 Å². The molecule has 0 aromatic carbocycles. The van der Waals surface area contributed by atoms with Crippen LogP contribution in [0.2, 0.25) is 0 Å². The predicted octanol–water partition coefficient (Wildman–Crippen LogP) is 2.70. The molecule has 0 spiro atoms. The van der Waals surface area contributed by atoms with E-state index in [9.17, 15) is 4.79 Å². The molecule has 2 aliphatic rings. The van der Waals surface area contributed by atoms with Gasteiger partial charge in [-0.1, -0.05) is 6.92 Å². The first kappa shape index (κ1) is 20.0. The van der Waals surface area contributed by atoms with E-state index in [1.165, 1.54) is 6.42 Å². The van der Waals surface area contributed by atoms with Crippen molar-refractivity contribution < 1.29 is 19.0 Å². The molecule has 0 amide bonds. The summed E-state index contributed by atoms with van der Waals surface area (Å²) in [5.41, 5.74) is 0. The van der Waals surface area contributed by atoms with Crippen molar-refractivity contribution in [3.05, 3.63) is 0 Å². The lowest BCUT2D eigenvalue weighted by atomic mass is 9.99. The molecule has 1 aliphatic heterocycles. The summed E-state index contributed by atoms with van der Waals surface area (Å²) in [6.45, 7) is 8.43. The van der Waals surface area contributed by atoms with E-state index in [2.05, 4.69) is 11.8 Å². The quantitative estimate of drug-likeness (QED) is 0.340. The Morgan fingerprint density at radius 2 is 2.00 bits per heavy atom. The molecule has 2 unspecified atom stereocenters. The van der Waals surface area contributed by atoms with E-state index in [4.69, 9.17) is 25.8 Å². The largest absolute Gasteiger partial charge is 0.464 e. The van der Waals surface area contributed by atoms with Crippen LogP contribution in [-0.2, 0) is 19.0 Å². The summed E-state index contributed by atoms with van der Waals surface area (Å²) in [4.78, 5) is 13.9. The molecule has 24 heavy (non-hydrogen) atoms. The zero-order valence-electron chi connectivity index (χ0n) is 14.9. The molecule has 1 heterocycles. The van der Waals surface area contributed by atoms with Crippen molar-refractivity contribution in [3.8, 4) is 0 Å². The normalized spacial score (nSPS) is 28.2. The van der Waals surface area contributed by atoms with Crippen LogP contribution in [0.4, 0.5) is 0 Å². The van der Waals surface area contributed by atoms with Gasteiger partial charge in [0, 0.05) is 44.6 Å². The summed E-state index contributed by atoms with van der Waals surface area (Å²) < 4.78 is 16.3. The third-order valence-corrected chi connectivity index (χ3v) is 5.77. The van der Waals surface area contributed by atoms with Gasteiger partial charge in [-0.25, -0.2) is 0 Å². The second-order valence-corrected chi connectivity index (χ2v) is 7.48. The maximum absolute atomic E-state index is 11.7. The molecule has 1 aliphatic carbocycles. The minimum atomic E-state index is -0.0994. The summed E-state index contributed by atoms with van der Waals surface area (Å²) in [5, 5.41) is 0.311. The summed E-state index contributed by atoms with van der Waals surface area (Å²) in [6.07, 6.45) is 4.49. The highest BCUT2D eigenvalue weighted by Gasteiger charge is 2.31. The number of alkyl halides is 1. The van der Waals surface area contributed by atoms with Crippen LogP contribution < -0.4 is 0 Å². The minimum Gasteiger partial charge on any atom is -0.464 e. The molecule has 0 aromatic heterocycles. The van der Waals surface area contributed by atoms with Gasteiger partial charge in [-0.3, -0.25) is 9.69 Å². The first-order chi connectivity index (χ1) is 11.7. The molecule has 1 saturated heterocycles. The fourth-order valence-corrected chi connectivity index (χ4v) is 3.65. The van der Waals surface area contributed by atoms with E-state index in [1.54, 1.807) is 0 Å². The van der Waals surface area contributed by atoms with Crippen LogP contribution in [0.5, 0.6) is 0 Å². The van der Waals surface area contributed by atoms with Gasteiger partial charge in [0.25, 0.3) is 0 Å². The van der Waals surface area contributed by atoms with Crippen LogP contribution in [0.25, 0.3) is 0 Å². The standard InChI is InChI=1S/C18H32ClNO4/c1-15-16(5-6-17(15)19)14-23-10-3-2-4-18(21)24-13-9-20-7-11-22-12-8-20/h15-17H,2-14H2,1H3/t15?,16-,17?/m1/s1. The first-order valence-corrected chi connectivity index (χ1v) is 9.78. The molecule has 0 aromatic rings. The highest BCUT2D eigenvalue weighted by Crippen LogP contribution is 2.35. The molecule has 2 fully saturated rings. The van der Waals surface area contributed by atoms with Crippen LogP contribution >= 0.6 is 11.6 Å². The van der Waals surface area contributed by atoms with E-state index < -0.39 is 0 Å². The van der Waals surface area contributed by atoms with Crippen LogP contribution in [0.1, 0.15) is 39.0 Å². The topological polar surface area (TPSA) is 48.0 Å². The average Bonchev–Trinajstić information content (AvgIpc) is 2.91. The van der Waals surface area contributed by atoms with Crippen molar-refractivity contribution in [3.63, 3.8) is 0 Å². The first-order valence-electron chi connectivity index (χ1n) is 9.34. The van der Waals surface area contributed by atoms with E-state index in [1.807, 2.05) is 0 Å². The number of nitrogens with zero attached hydrogens (tertiary/aromatic N) is 1. The lowest BCUT2D eigenvalue weighted by molar-refractivity contribution is -0.144. The van der Waals surface area contributed by atoms with E-state index in [0.29, 0.717) is 30.2 Å². The Hall–Kier alpha value is -0.360. The van der Waals surface area contributed by atoms with Crippen molar-refractivity contribution in [1.29, 1.82) is 0 Å². The third kappa shape index (κ3) is 7.26. The van der Waals surface area contributed by atoms with Gasteiger partial charge in [-0.05, 0) is 37.5 Å². The number of morpholine rings is 1. The number of ether oxygens (including phenoxy) is 3. The number of hydrogen-bond donors (Lipinski definition) is 0. The zero-order chi connectivity index (χ0) is 17.2. The lowest BCUT2D eigenvalue weighted by Crippen LogP contribution is -2.38. The fourth-order valence-electron chi connectivity index (χ4n) is 3.32. The Balaban J connectivity index is 1.39. The molecule has 2 rings (SSSR count). The Kier molecular flexibility index (Phi) is 9.39. The number of esters is 1. The lowest BCUT2D eigenvalue weighted by Gasteiger charge is -2.26. The van der Waals surface area contributed by atoms with Crippen molar-refractivity contribution in [2.75, 3.05) is 52.7 Å². The van der Waals surface area contributed by atoms with E-state index >= 15 is 0 Å². The SMILES string of the molecule is CC1C(Cl)CC[C@@H]1COCCCCC(=O)OCCN1CCOCC1. The summed E-state index contributed by atoms with van der Waals surface area (Å²) in [6, 6.07) is 0. The number of rotatable bonds is 10. The molecule has 1 saturated carbocycles. The molecule has 0 radical (unpaired) electrons. The molecule has 140 valence electrons. The van der Waals surface area contributed by atoms with Gasteiger partial charge in [-0.15, -0.1) is 11.6 Å². The maximum atomic E-state index is 11.7. The fraction of sp³-hybridized carbons (Fsp3) is 0.944. The minimum absolute atomic E-state index is 0.0994. The number of hydrogen-bond acceptors (Lipinski definition) is 5. The van der Waals surface area contributed by atoms with Crippen LogP contribution in [-0.4, -0.2) is 68.9 Å². The summed E-state index contributed by atoms with van der Waals surface area (Å²) >= 11 is 6.23. The van der Waals surface area contributed by atoms with Gasteiger partial charge in [0.15, 0.2) is 0 Å². The highest BCUT2D eigenvalue weighted by atomic mass is 35.5. The highest BCUT2D eigenvalue weighted by molar-refractivity contribution is 6.20. The van der Waals surface area contributed by atoms with Crippen molar-refractivity contribution in [2.24, 2.45) is 11.8 Å². The van der Waals surface area contributed by atoms with Crippen molar-refractivity contribution in [2.45, 2.75) is 44.4 Å². The Morgan fingerprint density at radius 1 is 1.21 bits per heavy atom. The van der Waals surface area contributed by atoms with Gasteiger partial charge in [-0.2, -0.15) is 0 Å². The van der Waals surface area contributed by atoms with Crippen molar-refractivity contribution >= 4 is 17.6 Å². The molecule has 3 atom stereocenters. The molecule has 0 N–H and O–H groups in total. The number of halogens is 1. The van der Waals surface area contributed by atoms with Crippen molar-refractivity contribution in [1.82, 2.24) is 4.90 Å². The van der Waals surface area contributed by atoms with Gasteiger partial charge in [0.05, 0.1) is 13.2 Å². The zero-order valence-corrected chi connectivity index (χ0v) is 15.6. The van der Waals surface area contributed by atoms with Crippen LogP contribution in [0, 0.1) is 11.8 Å². The number of carbonyl (C=O) groups is 1. The van der Waals surface area contributed by atoms with Gasteiger partial charge < -0.3 is 14.2 Å². The predicted molar refractivity (Wildman–Crippen MR) is 94.4 cm³/mol. The molecule has 5 nitrogen and oxygen atoms in total. The van der Waals surface area contributed by atoms with Gasteiger partial charge >= 0.3 is 5.97 Å². The van der Waals surface area contributed by atoms with E-state index in [0.717, 1.165) is 65.3 Å². The monoisotopic (exact) mass is 361 g/mol. The summed E-state index contributed by atoms with van der Waals surface area (Å²) in [5.74, 6) is 1.04. The number of unbranched alkanes of at least 4 members (excludes halogenated alkanes) is 1. The Bertz CT molecular complexity index is 363. The van der Waals surface area contributed by atoms with E-state index in [-0.39, 0.29) is 5.97 Å². The third-order valence-electron chi connectivity index (χ3n) is 5.15. The number of carbonyl (C=O) groups excluding carboxylic acids is 1. The molecule has 6 heteroatoms. The second-order valence-electron chi connectivity index (χ2n) is 6.92. The van der Waals surface area contributed by atoms with Crippen LogP contribution in [0.15, 0.2) is 0 Å². The Labute approximate surface area is 150 Å². The molecule has 0 bridgehead atoms. The smallest absolute Gasteiger partial charge is 0.305 e. The summed E-state index contributed by atoms with van der Waals surface area (Å²) in [7, 11) is 0. The molecular formula is C18H32ClNO4. The second kappa shape index (κ2) is 11.3. The average molecular weight is 362 g/mol. The maximum Gasteiger partial charge on any atom is 0.305 e. The molecular weight excluding hydrogens is 330 g/mol. The van der Waals surface area contributed by atoms with Gasteiger partial charge in [0.1, 0.15) is 6.61 Å². The Morgan fingerprint density at radius 3 is 2.71 bits per heavy atom. The van der Waals surface area contributed by atoms with Gasteiger partial charge in [0.2, 0.25) is 0 Å².